The molecule has 0 bridgehead atoms. The van der Waals surface area contributed by atoms with Crippen LogP contribution >= 0.6 is 0 Å². The van der Waals surface area contributed by atoms with E-state index >= 15 is 0 Å². The highest BCUT2D eigenvalue weighted by Gasteiger charge is 2.23. The van der Waals surface area contributed by atoms with Gasteiger partial charge < -0.3 is 5.11 Å². The summed E-state index contributed by atoms with van der Waals surface area (Å²) < 4.78 is 0. The molecule has 1 N–H and O–H groups in total. The normalized spacial score (nSPS) is 19.7. The number of hydrogen-bond donors (Lipinski definition) is 1. The summed E-state index contributed by atoms with van der Waals surface area (Å²) in [6.07, 6.45) is 5.63. The molecule has 1 aliphatic rings. The summed E-state index contributed by atoms with van der Waals surface area (Å²) in [5.74, 6) is 0. The topological polar surface area (TPSA) is 20.2 Å². The number of benzene rings is 3. The van der Waals surface area contributed by atoms with Crippen LogP contribution in [0.2, 0.25) is 0 Å². The summed E-state index contributed by atoms with van der Waals surface area (Å²) in [7, 11) is 0. The van der Waals surface area contributed by atoms with E-state index in [9.17, 15) is 5.11 Å². The van der Waals surface area contributed by atoms with E-state index in [0.29, 0.717) is 0 Å². The summed E-state index contributed by atoms with van der Waals surface area (Å²) in [4.78, 5) is 0. The van der Waals surface area contributed by atoms with Gasteiger partial charge in [0.15, 0.2) is 0 Å². The highest BCUT2D eigenvalue weighted by Crippen LogP contribution is 2.33. The van der Waals surface area contributed by atoms with E-state index in [2.05, 4.69) is 91.9 Å². The van der Waals surface area contributed by atoms with E-state index in [1.54, 1.807) is 0 Å². The minimum Gasteiger partial charge on any atom is -0.384 e. The zero-order valence-electron chi connectivity index (χ0n) is 15.6. The first-order chi connectivity index (χ1) is 13.2. The SMILES string of the molecule is Cc1ccc(/C=C2/CC/C(=C/c3ccc(-c4ccccc4)cc3)C2O)cc1. The standard InChI is InChI=1S/C26H24O/c1-19-7-9-20(10-8-19)17-24-15-16-25(26(24)27)18-21-11-13-23(14-12-21)22-5-3-2-4-6-22/h2-14,17-18,26-27H,15-16H2,1H3/b24-17-,25-18-. The van der Waals surface area contributed by atoms with E-state index < -0.39 is 6.10 Å². The van der Waals surface area contributed by atoms with Gasteiger partial charge in [-0.3, -0.25) is 0 Å². The Morgan fingerprint density at radius 2 is 1.15 bits per heavy atom. The van der Waals surface area contributed by atoms with Crippen LogP contribution in [0.1, 0.15) is 29.5 Å². The van der Waals surface area contributed by atoms with E-state index in [-0.39, 0.29) is 0 Å². The van der Waals surface area contributed by atoms with Crippen molar-refractivity contribution in [3.63, 3.8) is 0 Å². The summed E-state index contributed by atoms with van der Waals surface area (Å²) in [6.45, 7) is 2.09. The number of aryl methyl sites for hydroxylation is 1. The molecule has 1 unspecified atom stereocenters. The van der Waals surface area contributed by atoms with Gasteiger partial charge in [0.25, 0.3) is 0 Å². The van der Waals surface area contributed by atoms with E-state index in [1.807, 2.05) is 6.07 Å². The predicted molar refractivity (Wildman–Crippen MR) is 114 cm³/mol. The first-order valence-corrected chi connectivity index (χ1v) is 9.50. The van der Waals surface area contributed by atoms with Gasteiger partial charge in [-0.1, -0.05) is 96.6 Å². The molecule has 3 aromatic carbocycles. The van der Waals surface area contributed by atoms with Crippen molar-refractivity contribution in [2.24, 2.45) is 0 Å². The smallest absolute Gasteiger partial charge is 0.0967 e. The molecule has 0 aliphatic heterocycles. The molecule has 1 nitrogen and oxygen atoms in total. The molecule has 27 heavy (non-hydrogen) atoms. The quantitative estimate of drug-likeness (QED) is 0.588. The number of aliphatic hydroxyl groups is 1. The summed E-state index contributed by atoms with van der Waals surface area (Å²) in [5, 5.41) is 10.7. The fraction of sp³-hybridized carbons (Fsp3) is 0.154. The van der Waals surface area contributed by atoms with Crippen molar-refractivity contribution in [1.29, 1.82) is 0 Å². The molecular formula is C26H24O. The molecule has 0 radical (unpaired) electrons. The van der Waals surface area contributed by atoms with Crippen LogP contribution in [-0.4, -0.2) is 11.2 Å². The Morgan fingerprint density at radius 3 is 1.70 bits per heavy atom. The fourth-order valence-corrected chi connectivity index (χ4v) is 3.60. The molecule has 3 aromatic rings. The molecule has 0 amide bonds. The van der Waals surface area contributed by atoms with E-state index in [4.69, 9.17) is 0 Å². The second kappa shape index (κ2) is 7.77. The van der Waals surface area contributed by atoms with Crippen molar-refractivity contribution < 1.29 is 5.11 Å². The highest BCUT2D eigenvalue weighted by molar-refractivity contribution is 5.67. The van der Waals surface area contributed by atoms with Crippen molar-refractivity contribution in [1.82, 2.24) is 0 Å². The molecule has 0 aromatic heterocycles. The van der Waals surface area contributed by atoms with E-state index in [0.717, 1.165) is 35.1 Å². The van der Waals surface area contributed by atoms with Crippen LogP contribution in [0.5, 0.6) is 0 Å². The van der Waals surface area contributed by atoms with Crippen molar-refractivity contribution >= 4 is 12.2 Å². The lowest BCUT2D eigenvalue weighted by Crippen LogP contribution is -2.04. The maximum absolute atomic E-state index is 10.7. The maximum Gasteiger partial charge on any atom is 0.0967 e. The monoisotopic (exact) mass is 352 g/mol. The minimum absolute atomic E-state index is 0.472. The molecule has 4 rings (SSSR count). The first kappa shape index (κ1) is 17.5. The van der Waals surface area contributed by atoms with Crippen LogP contribution in [-0.2, 0) is 0 Å². The number of hydrogen-bond acceptors (Lipinski definition) is 1. The molecule has 0 spiro atoms. The van der Waals surface area contributed by atoms with Crippen LogP contribution < -0.4 is 0 Å². The average Bonchev–Trinajstić information content (AvgIpc) is 3.04. The first-order valence-electron chi connectivity index (χ1n) is 9.50. The van der Waals surface area contributed by atoms with Crippen LogP contribution in [0.3, 0.4) is 0 Å². The largest absolute Gasteiger partial charge is 0.384 e. The Balaban J connectivity index is 1.52. The van der Waals surface area contributed by atoms with Gasteiger partial charge >= 0.3 is 0 Å². The molecule has 0 heterocycles. The molecule has 1 atom stereocenters. The van der Waals surface area contributed by atoms with Gasteiger partial charge in [0.1, 0.15) is 0 Å². The third kappa shape index (κ3) is 4.10. The van der Waals surface area contributed by atoms with Crippen LogP contribution in [0, 0.1) is 6.92 Å². The Hall–Kier alpha value is -2.90. The van der Waals surface area contributed by atoms with Crippen molar-refractivity contribution in [2.45, 2.75) is 25.9 Å². The lowest BCUT2D eigenvalue weighted by molar-refractivity contribution is 0.257. The second-order valence-electron chi connectivity index (χ2n) is 7.24. The fourth-order valence-electron chi connectivity index (χ4n) is 3.60. The van der Waals surface area contributed by atoms with Gasteiger partial charge in [-0.25, -0.2) is 0 Å². The highest BCUT2D eigenvalue weighted by atomic mass is 16.3. The molecule has 1 heteroatoms. The molecule has 1 saturated carbocycles. The number of aliphatic hydroxyl groups excluding tert-OH is 1. The molecule has 1 fully saturated rings. The zero-order chi connectivity index (χ0) is 18.6. The molecule has 134 valence electrons. The zero-order valence-corrected chi connectivity index (χ0v) is 15.6. The average molecular weight is 352 g/mol. The summed E-state index contributed by atoms with van der Waals surface area (Å²) in [6, 6.07) is 27.4. The van der Waals surface area contributed by atoms with Crippen LogP contribution in [0.4, 0.5) is 0 Å². The Labute approximate surface area is 161 Å². The lowest BCUT2D eigenvalue weighted by Gasteiger charge is -2.08. The van der Waals surface area contributed by atoms with Gasteiger partial charge in [-0.15, -0.1) is 0 Å². The van der Waals surface area contributed by atoms with Crippen LogP contribution in [0.15, 0.2) is 90.0 Å². The predicted octanol–water partition coefficient (Wildman–Crippen LogP) is 6.28. The molecule has 0 saturated heterocycles. The second-order valence-corrected chi connectivity index (χ2v) is 7.24. The van der Waals surface area contributed by atoms with Crippen molar-refractivity contribution in [3.05, 3.63) is 107 Å². The Bertz CT molecular complexity index is 961. The minimum atomic E-state index is -0.472. The van der Waals surface area contributed by atoms with Crippen molar-refractivity contribution in [3.8, 4) is 11.1 Å². The number of rotatable bonds is 3. The van der Waals surface area contributed by atoms with Gasteiger partial charge in [-0.05, 0) is 53.2 Å². The molecule has 1 aliphatic carbocycles. The third-order valence-electron chi connectivity index (χ3n) is 5.20. The summed E-state index contributed by atoms with van der Waals surface area (Å²) >= 11 is 0. The van der Waals surface area contributed by atoms with Gasteiger partial charge in [-0.2, -0.15) is 0 Å². The maximum atomic E-state index is 10.7. The van der Waals surface area contributed by atoms with Crippen molar-refractivity contribution in [2.75, 3.05) is 0 Å². The lowest BCUT2D eigenvalue weighted by atomic mass is 10.0. The van der Waals surface area contributed by atoms with Crippen LogP contribution in [0.25, 0.3) is 23.3 Å². The summed E-state index contributed by atoms with van der Waals surface area (Å²) in [5.41, 5.74) is 8.18. The third-order valence-corrected chi connectivity index (χ3v) is 5.20. The Morgan fingerprint density at radius 1 is 0.667 bits per heavy atom. The Kier molecular flexibility index (Phi) is 5.04. The van der Waals surface area contributed by atoms with Gasteiger partial charge in [0, 0.05) is 0 Å². The van der Waals surface area contributed by atoms with Gasteiger partial charge in [0.05, 0.1) is 6.10 Å². The van der Waals surface area contributed by atoms with Gasteiger partial charge in [0.2, 0.25) is 0 Å². The molecular weight excluding hydrogens is 328 g/mol. The van der Waals surface area contributed by atoms with E-state index in [1.165, 1.54) is 16.7 Å².